The van der Waals surface area contributed by atoms with Crippen LogP contribution in [0.15, 0.2) is 47.2 Å². The van der Waals surface area contributed by atoms with E-state index in [-0.39, 0.29) is 11.8 Å². The maximum absolute atomic E-state index is 12.3. The van der Waals surface area contributed by atoms with Crippen molar-refractivity contribution in [3.05, 3.63) is 53.9 Å². The Balaban J connectivity index is 1.78. The van der Waals surface area contributed by atoms with Crippen molar-refractivity contribution in [3.8, 4) is 0 Å². The number of nitrogens with one attached hydrogen (secondary N) is 1. The van der Waals surface area contributed by atoms with Crippen LogP contribution in [0.4, 0.5) is 0 Å². The van der Waals surface area contributed by atoms with Gasteiger partial charge in [0.15, 0.2) is 0 Å². The molecule has 6 heteroatoms. The summed E-state index contributed by atoms with van der Waals surface area (Å²) >= 11 is 0. The Morgan fingerprint density at radius 2 is 2.05 bits per heavy atom. The van der Waals surface area contributed by atoms with E-state index in [1.165, 1.54) is 6.26 Å². The Morgan fingerprint density at radius 3 is 2.62 bits per heavy atom. The van der Waals surface area contributed by atoms with Crippen molar-refractivity contribution in [1.29, 1.82) is 0 Å². The van der Waals surface area contributed by atoms with E-state index in [4.69, 9.17) is 0 Å². The van der Waals surface area contributed by atoms with Crippen molar-refractivity contribution < 1.29 is 12.9 Å². The third-order valence-electron chi connectivity index (χ3n) is 3.89. The van der Waals surface area contributed by atoms with Gasteiger partial charge in [0, 0.05) is 12.1 Å². The lowest BCUT2D eigenvalue weighted by atomic mass is 10.0. The van der Waals surface area contributed by atoms with Crippen LogP contribution in [0.1, 0.15) is 30.6 Å². The summed E-state index contributed by atoms with van der Waals surface area (Å²) in [6.45, 7) is 2.15. The smallest absolute Gasteiger partial charge is 0.218 e. The summed E-state index contributed by atoms with van der Waals surface area (Å²) in [5.74, 6) is 0.748. The fourth-order valence-electron chi connectivity index (χ4n) is 2.62. The largest absolute Gasteiger partial charge is 0.364 e. The molecule has 1 N–H and O–H groups in total. The van der Waals surface area contributed by atoms with Gasteiger partial charge in [-0.1, -0.05) is 42.4 Å². The fourth-order valence-corrected chi connectivity index (χ4v) is 3.94. The molecule has 1 aromatic heterocycles. The van der Waals surface area contributed by atoms with E-state index in [9.17, 15) is 8.42 Å². The zero-order valence-electron chi connectivity index (χ0n) is 11.8. The molecule has 3 rings (SSSR count). The minimum atomic E-state index is -3.45. The molecule has 0 spiro atoms. The first-order valence-corrected chi connectivity index (χ1v) is 8.64. The molecule has 1 heterocycles. The summed E-state index contributed by atoms with van der Waals surface area (Å²) in [7, 11) is -3.45. The van der Waals surface area contributed by atoms with Crippen LogP contribution >= 0.6 is 0 Å². The van der Waals surface area contributed by atoms with E-state index < -0.39 is 10.0 Å². The van der Waals surface area contributed by atoms with Crippen LogP contribution < -0.4 is 4.72 Å². The molecule has 0 bridgehead atoms. The molecule has 0 saturated heterocycles. The highest BCUT2D eigenvalue weighted by molar-refractivity contribution is 7.88. The number of sulfonamides is 1. The number of rotatable bonds is 6. The number of benzene rings is 1. The standard InChI is InChI=1S/C15H18N2O3S/c1-11-9-14(11)15(12-5-3-2-4-6-12)17-21(18,19)10-13-7-8-20-16-13/h2-8,11,14-15,17H,9-10H2,1H3/t11-,14+,15+/m1/s1. The highest BCUT2D eigenvalue weighted by atomic mass is 32.2. The Kier molecular flexibility index (Phi) is 3.82. The van der Waals surface area contributed by atoms with E-state index in [1.54, 1.807) is 6.07 Å². The molecule has 0 unspecified atom stereocenters. The summed E-state index contributed by atoms with van der Waals surface area (Å²) in [4.78, 5) is 0. The molecule has 1 saturated carbocycles. The molecule has 1 aliphatic carbocycles. The van der Waals surface area contributed by atoms with E-state index in [1.807, 2.05) is 30.3 Å². The van der Waals surface area contributed by atoms with Crippen LogP contribution in [0.3, 0.4) is 0 Å². The lowest BCUT2D eigenvalue weighted by Gasteiger charge is -2.19. The lowest BCUT2D eigenvalue weighted by molar-refractivity contribution is 0.413. The first-order valence-electron chi connectivity index (χ1n) is 6.99. The van der Waals surface area contributed by atoms with Gasteiger partial charge in [0.05, 0.1) is 5.69 Å². The molecule has 5 nitrogen and oxygen atoms in total. The van der Waals surface area contributed by atoms with Crippen molar-refractivity contribution in [3.63, 3.8) is 0 Å². The van der Waals surface area contributed by atoms with Gasteiger partial charge in [0.2, 0.25) is 10.0 Å². The highest BCUT2D eigenvalue weighted by Crippen LogP contribution is 2.47. The average molecular weight is 306 g/mol. The van der Waals surface area contributed by atoms with Crippen LogP contribution in [-0.2, 0) is 15.8 Å². The van der Waals surface area contributed by atoms with Crippen LogP contribution in [0.2, 0.25) is 0 Å². The fraction of sp³-hybridized carbons (Fsp3) is 0.400. The number of hydrogen-bond acceptors (Lipinski definition) is 4. The Morgan fingerprint density at radius 1 is 1.33 bits per heavy atom. The monoisotopic (exact) mass is 306 g/mol. The van der Waals surface area contributed by atoms with E-state index >= 15 is 0 Å². The minimum Gasteiger partial charge on any atom is -0.364 e. The Labute approximate surface area is 124 Å². The zero-order valence-corrected chi connectivity index (χ0v) is 12.6. The second-order valence-corrected chi connectivity index (χ2v) is 7.39. The molecule has 1 aromatic carbocycles. The van der Waals surface area contributed by atoms with Gasteiger partial charge < -0.3 is 4.52 Å². The molecule has 1 fully saturated rings. The van der Waals surface area contributed by atoms with Gasteiger partial charge >= 0.3 is 0 Å². The Bertz CT molecular complexity index is 683. The summed E-state index contributed by atoms with van der Waals surface area (Å²) in [6, 6.07) is 11.1. The van der Waals surface area contributed by atoms with Gasteiger partial charge in [-0.15, -0.1) is 0 Å². The molecular formula is C15H18N2O3S. The third-order valence-corrected chi connectivity index (χ3v) is 5.18. The maximum atomic E-state index is 12.3. The van der Waals surface area contributed by atoms with Gasteiger partial charge in [0.25, 0.3) is 0 Å². The predicted molar refractivity (Wildman–Crippen MR) is 78.7 cm³/mol. The molecule has 2 aromatic rings. The average Bonchev–Trinajstić information content (AvgIpc) is 2.96. The van der Waals surface area contributed by atoms with Crippen LogP contribution in [0.25, 0.3) is 0 Å². The second kappa shape index (κ2) is 5.61. The van der Waals surface area contributed by atoms with Gasteiger partial charge in [-0.2, -0.15) is 0 Å². The summed E-state index contributed by atoms with van der Waals surface area (Å²) in [6.07, 6.45) is 2.43. The van der Waals surface area contributed by atoms with Gasteiger partial charge in [0.1, 0.15) is 12.0 Å². The quantitative estimate of drug-likeness (QED) is 0.890. The lowest BCUT2D eigenvalue weighted by Crippen LogP contribution is -2.31. The van der Waals surface area contributed by atoms with E-state index in [2.05, 4.69) is 21.3 Å². The summed E-state index contributed by atoms with van der Waals surface area (Å²) in [5, 5.41) is 3.66. The van der Waals surface area contributed by atoms with Crippen LogP contribution in [-0.4, -0.2) is 13.6 Å². The first kappa shape index (κ1) is 14.3. The van der Waals surface area contributed by atoms with Crippen LogP contribution in [0, 0.1) is 11.8 Å². The van der Waals surface area contributed by atoms with Gasteiger partial charge in [-0.05, 0) is 23.8 Å². The second-order valence-electron chi connectivity index (χ2n) is 5.63. The van der Waals surface area contributed by atoms with E-state index in [0.717, 1.165) is 12.0 Å². The number of nitrogens with zero attached hydrogens (tertiary/aromatic N) is 1. The molecule has 0 amide bonds. The third kappa shape index (κ3) is 3.51. The van der Waals surface area contributed by atoms with Crippen LogP contribution in [0.5, 0.6) is 0 Å². The molecule has 3 atom stereocenters. The molecule has 21 heavy (non-hydrogen) atoms. The minimum absolute atomic E-state index is 0.159. The maximum Gasteiger partial charge on any atom is 0.218 e. The van der Waals surface area contributed by atoms with Crippen molar-refractivity contribution in [2.24, 2.45) is 11.8 Å². The zero-order chi connectivity index (χ0) is 14.9. The van der Waals surface area contributed by atoms with Gasteiger partial charge in [-0.25, -0.2) is 13.1 Å². The van der Waals surface area contributed by atoms with Crippen molar-refractivity contribution >= 4 is 10.0 Å². The molecular weight excluding hydrogens is 288 g/mol. The SMILES string of the molecule is C[C@@H]1C[C@@H]1[C@@H](NS(=O)(=O)Cc1ccon1)c1ccccc1. The summed E-state index contributed by atoms with van der Waals surface area (Å²) < 4.78 is 32.2. The Hall–Kier alpha value is -1.66. The number of aromatic nitrogens is 1. The summed E-state index contributed by atoms with van der Waals surface area (Å²) in [5.41, 5.74) is 1.42. The topological polar surface area (TPSA) is 72.2 Å². The van der Waals surface area contributed by atoms with Crippen molar-refractivity contribution in [2.45, 2.75) is 25.1 Å². The molecule has 0 aliphatic heterocycles. The van der Waals surface area contributed by atoms with Gasteiger partial charge in [-0.3, -0.25) is 0 Å². The van der Waals surface area contributed by atoms with E-state index in [0.29, 0.717) is 17.5 Å². The predicted octanol–water partition coefficient (Wildman–Crippen LogP) is 2.49. The highest BCUT2D eigenvalue weighted by Gasteiger charge is 2.41. The molecule has 0 radical (unpaired) electrons. The normalized spacial score (nSPS) is 22.9. The molecule has 112 valence electrons. The molecule has 1 aliphatic rings. The van der Waals surface area contributed by atoms with Crippen molar-refractivity contribution in [1.82, 2.24) is 9.88 Å². The first-order chi connectivity index (χ1) is 10.1. The number of hydrogen-bond donors (Lipinski definition) is 1. The van der Waals surface area contributed by atoms with Crippen molar-refractivity contribution in [2.75, 3.05) is 0 Å².